The van der Waals surface area contributed by atoms with E-state index in [4.69, 9.17) is 0 Å². The predicted molar refractivity (Wildman–Crippen MR) is 95.3 cm³/mol. The van der Waals surface area contributed by atoms with Gasteiger partial charge in [-0.3, -0.25) is 24.1 Å². The molecule has 0 radical (unpaired) electrons. The fourth-order valence-electron chi connectivity index (χ4n) is 3.83. The predicted octanol–water partition coefficient (Wildman–Crippen LogP) is 1.69. The van der Waals surface area contributed by atoms with E-state index in [0.717, 1.165) is 37.0 Å². The molecule has 0 atom stereocenters. The van der Waals surface area contributed by atoms with Crippen LogP contribution in [0.1, 0.15) is 48.9 Å². The van der Waals surface area contributed by atoms with E-state index in [9.17, 15) is 19.2 Å². The highest BCUT2D eigenvalue weighted by Crippen LogP contribution is 2.45. The number of rotatable bonds is 4. The number of nitrogens with zero attached hydrogens (tertiary/aromatic N) is 1. The molecule has 0 bridgehead atoms. The number of carbonyl (C=O) groups excluding carboxylic acids is 4. The molecule has 2 fully saturated rings. The average molecular weight is 357 g/mol. The van der Waals surface area contributed by atoms with Gasteiger partial charge in [-0.2, -0.15) is 0 Å². The summed E-state index contributed by atoms with van der Waals surface area (Å²) in [7, 11) is 1.54. The van der Waals surface area contributed by atoms with Crippen LogP contribution in [0.2, 0.25) is 0 Å². The Kier molecular flexibility index (Phi) is 5.06. The average Bonchev–Trinajstić information content (AvgIpc) is 2.86. The van der Waals surface area contributed by atoms with Crippen LogP contribution in [0.3, 0.4) is 0 Å². The standard InChI is InChI=1S/C19H23N3O4/c1-20-17(25)13-5-7-14(8-6-13)21-15(23)12-22-16(24)11-19(18(22)26)9-3-2-4-10-19/h5-8H,2-4,9-12H2,1H3,(H,20,25)(H,21,23). The van der Waals surface area contributed by atoms with E-state index in [1.807, 2.05) is 0 Å². The van der Waals surface area contributed by atoms with Crippen molar-refractivity contribution in [3.63, 3.8) is 0 Å². The van der Waals surface area contributed by atoms with Crippen LogP contribution in [0.25, 0.3) is 0 Å². The molecule has 2 aliphatic rings. The highest BCUT2D eigenvalue weighted by Gasteiger charge is 2.51. The first-order chi connectivity index (χ1) is 12.4. The first kappa shape index (κ1) is 18.1. The van der Waals surface area contributed by atoms with E-state index in [-0.39, 0.29) is 30.7 Å². The molecule has 3 rings (SSSR count). The minimum atomic E-state index is -0.579. The largest absolute Gasteiger partial charge is 0.355 e. The summed E-state index contributed by atoms with van der Waals surface area (Å²) in [5.74, 6) is -1.10. The zero-order valence-corrected chi connectivity index (χ0v) is 14.8. The summed E-state index contributed by atoms with van der Waals surface area (Å²) in [5.41, 5.74) is 0.411. The summed E-state index contributed by atoms with van der Waals surface area (Å²) in [4.78, 5) is 49.9. The molecule has 0 unspecified atom stereocenters. The zero-order valence-electron chi connectivity index (χ0n) is 14.8. The van der Waals surface area contributed by atoms with Crippen LogP contribution in [-0.2, 0) is 14.4 Å². The van der Waals surface area contributed by atoms with Gasteiger partial charge in [0.25, 0.3) is 5.91 Å². The van der Waals surface area contributed by atoms with E-state index in [1.54, 1.807) is 31.3 Å². The fourth-order valence-corrected chi connectivity index (χ4v) is 3.83. The molecule has 1 heterocycles. The van der Waals surface area contributed by atoms with Crippen molar-refractivity contribution in [1.82, 2.24) is 10.2 Å². The summed E-state index contributed by atoms with van der Waals surface area (Å²) in [5, 5.41) is 5.19. The maximum Gasteiger partial charge on any atom is 0.251 e. The van der Waals surface area contributed by atoms with Crippen molar-refractivity contribution in [2.24, 2.45) is 5.41 Å². The molecule has 7 nitrogen and oxygen atoms in total. The molecule has 1 aromatic rings. The minimum Gasteiger partial charge on any atom is -0.355 e. The van der Waals surface area contributed by atoms with Crippen molar-refractivity contribution < 1.29 is 19.2 Å². The molecular formula is C19H23N3O4. The molecule has 7 heteroatoms. The number of carbonyl (C=O) groups is 4. The molecular weight excluding hydrogens is 334 g/mol. The quantitative estimate of drug-likeness (QED) is 0.802. The second-order valence-electron chi connectivity index (χ2n) is 7.01. The Morgan fingerprint density at radius 1 is 1.08 bits per heavy atom. The highest BCUT2D eigenvalue weighted by atomic mass is 16.2. The SMILES string of the molecule is CNC(=O)c1ccc(NC(=O)CN2C(=O)CC3(CCCCC3)C2=O)cc1. The van der Waals surface area contributed by atoms with Gasteiger partial charge in [0.1, 0.15) is 6.54 Å². The summed E-state index contributed by atoms with van der Waals surface area (Å²) in [6.45, 7) is -0.267. The molecule has 1 saturated carbocycles. The number of amides is 4. The fraction of sp³-hybridized carbons (Fsp3) is 0.474. The van der Waals surface area contributed by atoms with Crippen LogP contribution in [-0.4, -0.2) is 42.1 Å². The van der Waals surface area contributed by atoms with Crippen LogP contribution >= 0.6 is 0 Å². The van der Waals surface area contributed by atoms with E-state index in [0.29, 0.717) is 11.3 Å². The number of anilines is 1. The molecule has 1 spiro atoms. The van der Waals surface area contributed by atoms with Crippen molar-refractivity contribution in [3.8, 4) is 0 Å². The van der Waals surface area contributed by atoms with Gasteiger partial charge in [-0.15, -0.1) is 0 Å². The van der Waals surface area contributed by atoms with Gasteiger partial charge in [0.2, 0.25) is 17.7 Å². The van der Waals surface area contributed by atoms with Gasteiger partial charge in [0.15, 0.2) is 0 Å². The first-order valence-corrected chi connectivity index (χ1v) is 8.92. The van der Waals surface area contributed by atoms with Crippen molar-refractivity contribution in [3.05, 3.63) is 29.8 Å². The second-order valence-corrected chi connectivity index (χ2v) is 7.01. The van der Waals surface area contributed by atoms with Gasteiger partial charge in [0, 0.05) is 24.7 Å². The Balaban J connectivity index is 1.62. The van der Waals surface area contributed by atoms with Crippen molar-refractivity contribution in [1.29, 1.82) is 0 Å². The third-order valence-electron chi connectivity index (χ3n) is 5.26. The number of hydrogen-bond acceptors (Lipinski definition) is 4. The molecule has 1 saturated heterocycles. The Labute approximate surface area is 152 Å². The lowest BCUT2D eigenvalue weighted by atomic mass is 9.73. The lowest BCUT2D eigenvalue weighted by molar-refractivity contribution is -0.144. The minimum absolute atomic E-state index is 0.202. The van der Waals surface area contributed by atoms with Crippen LogP contribution in [0.5, 0.6) is 0 Å². The number of likely N-dealkylation sites (tertiary alicyclic amines) is 1. The third-order valence-corrected chi connectivity index (χ3v) is 5.26. The van der Waals surface area contributed by atoms with Crippen molar-refractivity contribution >= 4 is 29.3 Å². The van der Waals surface area contributed by atoms with E-state index in [2.05, 4.69) is 10.6 Å². The number of hydrogen-bond donors (Lipinski definition) is 2. The Hall–Kier alpha value is -2.70. The van der Waals surface area contributed by atoms with Crippen LogP contribution < -0.4 is 10.6 Å². The zero-order chi connectivity index (χ0) is 18.7. The van der Waals surface area contributed by atoms with Crippen LogP contribution in [0.4, 0.5) is 5.69 Å². The lowest BCUT2D eigenvalue weighted by Gasteiger charge is -2.30. The first-order valence-electron chi connectivity index (χ1n) is 8.92. The van der Waals surface area contributed by atoms with Crippen molar-refractivity contribution in [2.45, 2.75) is 38.5 Å². The van der Waals surface area contributed by atoms with E-state index >= 15 is 0 Å². The Morgan fingerprint density at radius 2 is 1.73 bits per heavy atom. The van der Waals surface area contributed by atoms with Crippen molar-refractivity contribution in [2.75, 3.05) is 18.9 Å². The molecule has 2 N–H and O–H groups in total. The topological polar surface area (TPSA) is 95.6 Å². The summed E-state index contributed by atoms with van der Waals surface area (Å²) in [6.07, 6.45) is 4.69. The van der Waals surface area contributed by atoms with Crippen LogP contribution in [0, 0.1) is 5.41 Å². The lowest BCUT2D eigenvalue weighted by Crippen LogP contribution is -2.41. The maximum atomic E-state index is 12.7. The summed E-state index contributed by atoms with van der Waals surface area (Å²) >= 11 is 0. The van der Waals surface area contributed by atoms with E-state index < -0.39 is 11.3 Å². The second kappa shape index (κ2) is 7.27. The number of imide groups is 1. The Morgan fingerprint density at radius 3 is 2.35 bits per heavy atom. The van der Waals surface area contributed by atoms with Gasteiger partial charge in [-0.05, 0) is 37.1 Å². The van der Waals surface area contributed by atoms with E-state index in [1.165, 1.54) is 0 Å². The van der Waals surface area contributed by atoms with Gasteiger partial charge in [-0.25, -0.2) is 0 Å². The molecule has 1 aliphatic heterocycles. The normalized spacial score (nSPS) is 18.9. The molecule has 4 amide bonds. The Bertz CT molecular complexity index is 736. The summed E-state index contributed by atoms with van der Waals surface area (Å²) < 4.78 is 0. The van der Waals surface area contributed by atoms with Gasteiger partial charge in [0.05, 0.1) is 5.41 Å². The monoisotopic (exact) mass is 357 g/mol. The third kappa shape index (κ3) is 3.47. The molecule has 0 aromatic heterocycles. The smallest absolute Gasteiger partial charge is 0.251 e. The number of benzene rings is 1. The molecule has 138 valence electrons. The number of nitrogens with one attached hydrogen (secondary N) is 2. The van der Waals surface area contributed by atoms with Gasteiger partial charge < -0.3 is 10.6 Å². The van der Waals surface area contributed by atoms with Gasteiger partial charge in [-0.1, -0.05) is 19.3 Å². The highest BCUT2D eigenvalue weighted by molar-refractivity contribution is 6.09. The maximum absolute atomic E-state index is 12.7. The summed E-state index contributed by atoms with van der Waals surface area (Å²) in [6, 6.07) is 6.41. The molecule has 1 aromatic carbocycles. The van der Waals surface area contributed by atoms with Crippen LogP contribution in [0.15, 0.2) is 24.3 Å². The van der Waals surface area contributed by atoms with Gasteiger partial charge >= 0.3 is 0 Å². The molecule has 1 aliphatic carbocycles. The molecule has 26 heavy (non-hydrogen) atoms.